The Morgan fingerprint density at radius 1 is 1.15 bits per heavy atom. The minimum absolute atomic E-state index is 0.0690. The molecule has 1 fully saturated rings. The van der Waals surface area contributed by atoms with Crippen LogP contribution < -0.4 is 11.1 Å². The maximum Gasteiger partial charge on any atom is 0.271 e. The second-order valence-corrected chi connectivity index (χ2v) is 7.96. The highest BCUT2D eigenvalue weighted by molar-refractivity contribution is 8.00. The maximum atomic E-state index is 13.0. The van der Waals surface area contributed by atoms with Crippen LogP contribution >= 0.6 is 11.8 Å². The van der Waals surface area contributed by atoms with Gasteiger partial charge in [-0.3, -0.25) is 20.2 Å². The molecule has 2 aromatic carbocycles. The zero-order chi connectivity index (χ0) is 19.0. The van der Waals surface area contributed by atoms with E-state index in [1.165, 1.54) is 0 Å². The van der Waals surface area contributed by atoms with Gasteiger partial charge in [0.2, 0.25) is 12.1 Å². The fraction of sp³-hybridized carbons (Fsp3) is 0.238. The minimum atomic E-state index is -1.34. The van der Waals surface area contributed by atoms with Crippen LogP contribution in [0.3, 0.4) is 0 Å². The molecule has 0 aliphatic carbocycles. The SMILES string of the molecule is CC1=C(C(c2ccccc2)c2ccccc2)N2C(=O)[C@](N)(NC=O)[C@@H]2SC1. The van der Waals surface area contributed by atoms with E-state index in [2.05, 4.69) is 36.5 Å². The number of thioether (sulfide) groups is 1. The Labute approximate surface area is 162 Å². The van der Waals surface area contributed by atoms with Crippen LogP contribution in [0.1, 0.15) is 24.0 Å². The molecule has 0 saturated carbocycles. The first-order valence-electron chi connectivity index (χ1n) is 8.83. The first-order chi connectivity index (χ1) is 13.1. The number of nitrogens with two attached hydrogens (primary N) is 1. The molecule has 5 nitrogen and oxygen atoms in total. The van der Waals surface area contributed by atoms with Crippen LogP contribution in [0.4, 0.5) is 0 Å². The van der Waals surface area contributed by atoms with E-state index in [9.17, 15) is 9.59 Å². The van der Waals surface area contributed by atoms with Gasteiger partial charge in [-0.15, -0.1) is 11.8 Å². The number of benzene rings is 2. The Morgan fingerprint density at radius 2 is 1.70 bits per heavy atom. The molecule has 138 valence electrons. The number of nitrogens with zero attached hydrogens (tertiary/aromatic N) is 1. The molecule has 6 heteroatoms. The zero-order valence-electron chi connectivity index (χ0n) is 15.0. The van der Waals surface area contributed by atoms with Gasteiger partial charge in [-0.2, -0.15) is 0 Å². The van der Waals surface area contributed by atoms with E-state index < -0.39 is 5.66 Å². The third-order valence-corrected chi connectivity index (χ3v) is 6.69. The average Bonchev–Trinajstić information content (AvgIpc) is 2.70. The Kier molecular flexibility index (Phi) is 4.53. The highest BCUT2D eigenvalue weighted by atomic mass is 32.2. The third-order valence-electron chi connectivity index (χ3n) is 5.19. The number of amides is 2. The summed E-state index contributed by atoms with van der Waals surface area (Å²) in [5, 5.41) is 2.22. The van der Waals surface area contributed by atoms with Gasteiger partial charge < -0.3 is 5.32 Å². The molecule has 0 radical (unpaired) electrons. The highest BCUT2D eigenvalue weighted by Gasteiger charge is 2.62. The molecule has 2 aliphatic rings. The summed E-state index contributed by atoms with van der Waals surface area (Å²) in [6.45, 7) is 2.06. The predicted molar refractivity (Wildman–Crippen MR) is 107 cm³/mol. The number of rotatable bonds is 5. The van der Waals surface area contributed by atoms with Crippen molar-refractivity contribution in [2.24, 2.45) is 5.73 Å². The molecule has 3 N–H and O–H groups in total. The number of nitrogens with one attached hydrogen (secondary N) is 1. The quantitative estimate of drug-likeness (QED) is 0.475. The fourth-order valence-electron chi connectivity index (χ4n) is 3.89. The monoisotopic (exact) mass is 379 g/mol. The van der Waals surface area contributed by atoms with Gasteiger partial charge in [0.05, 0.1) is 0 Å². The summed E-state index contributed by atoms with van der Waals surface area (Å²) in [7, 11) is 0. The van der Waals surface area contributed by atoms with E-state index in [0.717, 1.165) is 28.1 Å². The first kappa shape index (κ1) is 17.8. The van der Waals surface area contributed by atoms with Crippen LogP contribution in [-0.4, -0.2) is 34.0 Å². The van der Waals surface area contributed by atoms with Crippen LogP contribution in [0, 0.1) is 0 Å². The molecule has 2 heterocycles. The van der Waals surface area contributed by atoms with Crippen molar-refractivity contribution in [3.05, 3.63) is 83.1 Å². The zero-order valence-corrected chi connectivity index (χ0v) is 15.8. The van der Waals surface area contributed by atoms with Gasteiger partial charge in [0.15, 0.2) is 0 Å². The van der Waals surface area contributed by atoms with Gasteiger partial charge in [0, 0.05) is 17.4 Å². The lowest BCUT2D eigenvalue weighted by Gasteiger charge is -2.57. The second-order valence-electron chi connectivity index (χ2n) is 6.89. The van der Waals surface area contributed by atoms with Crippen LogP contribution in [-0.2, 0) is 9.59 Å². The molecule has 4 rings (SSSR count). The van der Waals surface area contributed by atoms with E-state index in [-0.39, 0.29) is 17.2 Å². The molecule has 0 aromatic heterocycles. The predicted octanol–water partition coefficient (Wildman–Crippen LogP) is 2.41. The van der Waals surface area contributed by atoms with Crippen molar-refractivity contribution in [3.63, 3.8) is 0 Å². The van der Waals surface area contributed by atoms with Crippen LogP contribution in [0.5, 0.6) is 0 Å². The van der Waals surface area contributed by atoms with Crippen molar-refractivity contribution in [3.8, 4) is 0 Å². The van der Waals surface area contributed by atoms with Crippen molar-refractivity contribution < 1.29 is 9.59 Å². The number of hydrogen-bond acceptors (Lipinski definition) is 4. The number of carbonyl (C=O) groups is 2. The third kappa shape index (κ3) is 2.76. The Hall–Kier alpha value is -2.57. The molecule has 0 unspecified atom stereocenters. The summed E-state index contributed by atoms with van der Waals surface area (Å²) in [6.07, 6.45) is 0.506. The Balaban J connectivity index is 1.83. The molecule has 1 saturated heterocycles. The van der Waals surface area contributed by atoms with E-state index in [4.69, 9.17) is 5.73 Å². The summed E-state index contributed by atoms with van der Waals surface area (Å²) >= 11 is 1.58. The van der Waals surface area contributed by atoms with Crippen LogP contribution in [0.15, 0.2) is 71.9 Å². The summed E-state index contributed by atoms with van der Waals surface area (Å²) in [5.74, 6) is 0.429. The fourth-order valence-corrected chi connectivity index (χ4v) is 5.24. The molecule has 2 aliphatic heterocycles. The molecule has 2 aromatic rings. The van der Waals surface area contributed by atoms with Crippen molar-refractivity contribution in [1.82, 2.24) is 10.2 Å². The lowest BCUT2D eigenvalue weighted by Crippen LogP contribution is -2.83. The van der Waals surface area contributed by atoms with Crippen molar-refractivity contribution in [2.75, 3.05) is 5.75 Å². The number of β-lactam (4-membered cyclic amide) rings is 1. The number of carbonyl (C=O) groups excluding carboxylic acids is 2. The van der Waals surface area contributed by atoms with Gasteiger partial charge >= 0.3 is 0 Å². The maximum absolute atomic E-state index is 13.0. The van der Waals surface area contributed by atoms with E-state index in [1.54, 1.807) is 16.7 Å². The van der Waals surface area contributed by atoms with Crippen molar-refractivity contribution >= 4 is 24.1 Å². The smallest absolute Gasteiger partial charge is 0.271 e. The Morgan fingerprint density at radius 3 is 2.22 bits per heavy atom. The highest BCUT2D eigenvalue weighted by Crippen LogP contribution is 2.49. The van der Waals surface area contributed by atoms with Gasteiger partial charge in [-0.05, 0) is 23.6 Å². The molecule has 0 spiro atoms. The number of hydrogen-bond donors (Lipinski definition) is 2. The average molecular weight is 379 g/mol. The summed E-state index contributed by atoms with van der Waals surface area (Å²) in [4.78, 5) is 25.7. The molecule has 2 atom stereocenters. The van der Waals surface area contributed by atoms with E-state index >= 15 is 0 Å². The standard InChI is InChI=1S/C21H21N3O2S/c1-14-12-27-20-21(22,23-13-25)19(26)24(20)18(14)17(15-8-4-2-5-9-15)16-10-6-3-7-11-16/h2-11,13,17,20H,12,22H2,1H3,(H,23,25)/t20-,21-/m0/s1. The number of fused-ring (bicyclic) bond motifs is 1. The normalized spacial score (nSPS) is 24.5. The summed E-state index contributed by atoms with van der Waals surface area (Å²) < 4.78 is 0. The van der Waals surface area contributed by atoms with Crippen LogP contribution in [0.2, 0.25) is 0 Å². The second kappa shape index (κ2) is 6.87. The van der Waals surface area contributed by atoms with Crippen LogP contribution in [0.25, 0.3) is 0 Å². The molecule has 0 bridgehead atoms. The summed E-state index contributed by atoms with van der Waals surface area (Å²) in [5.41, 5.74) is 9.24. The van der Waals surface area contributed by atoms with Gasteiger partial charge in [0.1, 0.15) is 5.37 Å². The topological polar surface area (TPSA) is 75.4 Å². The van der Waals surface area contributed by atoms with Gasteiger partial charge in [-0.25, -0.2) is 0 Å². The van der Waals surface area contributed by atoms with Gasteiger partial charge in [0.25, 0.3) is 5.91 Å². The lowest BCUT2D eigenvalue weighted by atomic mass is 9.83. The van der Waals surface area contributed by atoms with Crippen molar-refractivity contribution in [1.29, 1.82) is 0 Å². The van der Waals surface area contributed by atoms with Gasteiger partial charge in [-0.1, -0.05) is 60.7 Å². The Bertz CT molecular complexity index is 861. The van der Waals surface area contributed by atoms with E-state index in [1.807, 2.05) is 36.4 Å². The van der Waals surface area contributed by atoms with E-state index in [0.29, 0.717) is 6.41 Å². The molecular formula is C21H21N3O2S. The largest absolute Gasteiger partial charge is 0.330 e. The van der Waals surface area contributed by atoms with Crippen molar-refractivity contribution in [2.45, 2.75) is 23.9 Å². The number of allylic oxidation sites excluding steroid dienone is 1. The lowest BCUT2D eigenvalue weighted by molar-refractivity contribution is -0.154. The molecule has 2 amide bonds. The molecular weight excluding hydrogens is 358 g/mol. The molecule has 27 heavy (non-hydrogen) atoms. The minimum Gasteiger partial charge on any atom is -0.330 e. The first-order valence-corrected chi connectivity index (χ1v) is 9.88. The summed E-state index contributed by atoms with van der Waals surface area (Å²) in [6, 6.07) is 20.3.